The van der Waals surface area contributed by atoms with Gasteiger partial charge in [-0.25, -0.2) is 0 Å². The minimum Gasteiger partial charge on any atom is -0.396 e. The van der Waals surface area contributed by atoms with Crippen LogP contribution in [-0.2, 0) is 0 Å². The summed E-state index contributed by atoms with van der Waals surface area (Å²) in [7, 11) is 0. The molecule has 1 heterocycles. The maximum atomic E-state index is 8.90. The molecule has 0 amide bonds. The summed E-state index contributed by atoms with van der Waals surface area (Å²) >= 11 is 0. The fraction of sp³-hybridized carbons (Fsp3) is 0.400. The zero-order valence-electron chi connectivity index (χ0n) is 13.7. The van der Waals surface area contributed by atoms with Crippen LogP contribution in [0, 0.1) is 0 Å². The molecular weight excluding hydrogens is 284 g/mol. The number of unbranched alkanes of at least 4 members (excludes halogenated alkanes) is 1. The second kappa shape index (κ2) is 8.14. The van der Waals surface area contributed by atoms with Crippen LogP contribution >= 0.6 is 0 Å². The van der Waals surface area contributed by atoms with Crippen molar-refractivity contribution in [2.45, 2.75) is 12.8 Å². The fourth-order valence-corrected chi connectivity index (χ4v) is 3.27. The summed E-state index contributed by atoms with van der Waals surface area (Å²) in [5, 5.41) is 8.90. The van der Waals surface area contributed by atoms with E-state index in [0.717, 1.165) is 45.6 Å². The Balaban J connectivity index is 1.67. The molecule has 122 valence electrons. The van der Waals surface area contributed by atoms with Gasteiger partial charge in [-0.1, -0.05) is 48.5 Å². The van der Waals surface area contributed by atoms with E-state index in [1.54, 1.807) is 0 Å². The SMILES string of the molecule is OCCCCN1CCN(c2ccccc2-c2ccccc2)CC1. The lowest BCUT2D eigenvalue weighted by atomic mass is 10.0. The Hall–Kier alpha value is -1.84. The van der Waals surface area contributed by atoms with E-state index in [-0.39, 0.29) is 0 Å². The monoisotopic (exact) mass is 310 g/mol. The molecule has 3 heteroatoms. The lowest BCUT2D eigenvalue weighted by Gasteiger charge is -2.37. The lowest BCUT2D eigenvalue weighted by molar-refractivity contribution is 0.232. The van der Waals surface area contributed by atoms with Gasteiger partial charge in [0.15, 0.2) is 0 Å². The Kier molecular flexibility index (Phi) is 5.67. The van der Waals surface area contributed by atoms with Crippen molar-refractivity contribution >= 4 is 5.69 Å². The number of hydrogen-bond donors (Lipinski definition) is 1. The predicted octanol–water partition coefficient (Wildman–Crippen LogP) is 3.25. The molecule has 0 spiro atoms. The van der Waals surface area contributed by atoms with Gasteiger partial charge in [-0.2, -0.15) is 0 Å². The summed E-state index contributed by atoms with van der Waals surface area (Å²) in [6.45, 7) is 5.77. The van der Waals surface area contributed by atoms with Gasteiger partial charge in [0.25, 0.3) is 0 Å². The first-order chi connectivity index (χ1) is 11.4. The number of piperazine rings is 1. The summed E-state index contributed by atoms with van der Waals surface area (Å²) in [6.07, 6.45) is 2.01. The molecule has 0 atom stereocenters. The van der Waals surface area contributed by atoms with Gasteiger partial charge in [-0.3, -0.25) is 4.90 Å². The van der Waals surface area contributed by atoms with E-state index < -0.39 is 0 Å². The Morgan fingerprint density at radius 2 is 1.48 bits per heavy atom. The number of anilines is 1. The van der Waals surface area contributed by atoms with Gasteiger partial charge in [0.1, 0.15) is 0 Å². The summed E-state index contributed by atoms with van der Waals surface area (Å²) in [6, 6.07) is 19.4. The standard InChI is InChI=1S/C20H26N2O/c23-17-7-6-12-21-13-15-22(16-14-21)20-11-5-4-10-19(20)18-8-2-1-3-9-18/h1-5,8-11,23H,6-7,12-17H2. The Bertz CT molecular complexity index is 592. The van der Waals surface area contributed by atoms with E-state index in [0.29, 0.717) is 6.61 Å². The average molecular weight is 310 g/mol. The lowest BCUT2D eigenvalue weighted by Crippen LogP contribution is -2.46. The number of benzene rings is 2. The second-order valence-corrected chi connectivity index (χ2v) is 6.14. The van der Waals surface area contributed by atoms with E-state index in [1.165, 1.54) is 16.8 Å². The van der Waals surface area contributed by atoms with Crippen LogP contribution in [0.25, 0.3) is 11.1 Å². The number of nitrogens with zero attached hydrogens (tertiary/aromatic N) is 2. The molecule has 1 N–H and O–H groups in total. The van der Waals surface area contributed by atoms with Crippen molar-refractivity contribution in [3.8, 4) is 11.1 Å². The molecule has 2 aromatic rings. The first-order valence-corrected chi connectivity index (χ1v) is 8.61. The average Bonchev–Trinajstić information content (AvgIpc) is 2.63. The zero-order valence-corrected chi connectivity index (χ0v) is 13.7. The molecule has 3 nitrogen and oxygen atoms in total. The molecule has 0 bridgehead atoms. The second-order valence-electron chi connectivity index (χ2n) is 6.14. The molecule has 0 aliphatic carbocycles. The van der Waals surface area contributed by atoms with Crippen LogP contribution in [0.2, 0.25) is 0 Å². The molecule has 23 heavy (non-hydrogen) atoms. The van der Waals surface area contributed by atoms with Crippen LogP contribution in [0.4, 0.5) is 5.69 Å². The van der Waals surface area contributed by atoms with E-state index in [4.69, 9.17) is 5.11 Å². The van der Waals surface area contributed by atoms with E-state index in [2.05, 4.69) is 64.4 Å². The summed E-state index contributed by atoms with van der Waals surface area (Å²) in [5.41, 5.74) is 3.95. The van der Waals surface area contributed by atoms with Crippen LogP contribution in [0.3, 0.4) is 0 Å². The number of aliphatic hydroxyl groups excluding tert-OH is 1. The third-order valence-electron chi connectivity index (χ3n) is 4.58. The van der Waals surface area contributed by atoms with Gasteiger partial charge in [-0.15, -0.1) is 0 Å². The van der Waals surface area contributed by atoms with Crippen LogP contribution in [0.5, 0.6) is 0 Å². The highest BCUT2D eigenvalue weighted by Gasteiger charge is 2.19. The predicted molar refractivity (Wildman–Crippen MR) is 96.9 cm³/mol. The first kappa shape index (κ1) is 16.0. The van der Waals surface area contributed by atoms with Gasteiger partial charge in [0.05, 0.1) is 0 Å². The topological polar surface area (TPSA) is 26.7 Å². The fourth-order valence-electron chi connectivity index (χ4n) is 3.27. The maximum Gasteiger partial charge on any atom is 0.0446 e. The van der Waals surface area contributed by atoms with Crippen LogP contribution in [-0.4, -0.2) is 49.3 Å². The minimum absolute atomic E-state index is 0.310. The number of aliphatic hydroxyl groups is 1. The molecule has 2 aromatic carbocycles. The van der Waals surface area contributed by atoms with Crippen molar-refractivity contribution in [3.05, 3.63) is 54.6 Å². The van der Waals surface area contributed by atoms with Crippen LogP contribution in [0.1, 0.15) is 12.8 Å². The van der Waals surface area contributed by atoms with Crippen LogP contribution in [0.15, 0.2) is 54.6 Å². The van der Waals surface area contributed by atoms with E-state index in [1.807, 2.05) is 0 Å². The molecule has 1 saturated heterocycles. The third kappa shape index (κ3) is 4.12. The minimum atomic E-state index is 0.310. The van der Waals surface area contributed by atoms with Crippen molar-refractivity contribution in [1.82, 2.24) is 4.90 Å². The number of rotatable bonds is 6. The van der Waals surface area contributed by atoms with Gasteiger partial charge >= 0.3 is 0 Å². The largest absolute Gasteiger partial charge is 0.396 e. The van der Waals surface area contributed by atoms with Crippen LogP contribution < -0.4 is 4.90 Å². The van der Waals surface area contributed by atoms with Crippen molar-refractivity contribution in [1.29, 1.82) is 0 Å². The number of para-hydroxylation sites is 1. The third-order valence-corrected chi connectivity index (χ3v) is 4.58. The molecule has 1 aliphatic heterocycles. The summed E-state index contributed by atoms with van der Waals surface area (Å²) < 4.78 is 0. The first-order valence-electron chi connectivity index (χ1n) is 8.61. The van der Waals surface area contributed by atoms with Crippen molar-refractivity contribution in [3.63, 3.8) is 0 Å². The zero-order chi connectivity index (χ0) is 15.9. The Morgan fingerprint density at radius 1 is 0.783 bits per heavy atom. The highest BCUT2D eigenvalue weighted by atomic mass is 16.2. The van der Waals surface area contributed by atoms with Gasteiger partial charge in [-0.05, 0) is 31.0 Å². The summed E-state index contributed by atoms with van der Waals surface area (Å²) in [4.78, 5) is 5.02. The van der Waals surface area contributed by atoms with Crippen molar-refractivity contribution < 1.29 is 5.11 Å². The molecule has 0 unspecified atom stereocenters. The smallest absolute Gasteiger partial charge is 0.0446 e. The molecule has 0 saturated carbocycles. The number of hydrogen-bond acceptors (Lipinski definition) is 3. The maximum absolute atomic E-state index is 8.90. The van der Waals surface area contributed by atoms with Gasteiger partial charge in [0.2, 0.25) is 0 Å². The van der Waals surface area contributed by atoms with Crippen molar-refractivity contribution in [2.24, 2.45) is 0 Å². The molecule has 1 fully saturated rings. The molecule has 3 rings (SSSR count). The van der Waals surface area contributed by atoms with Gasteiger partial charge < -0.3 is 10.0 Å². The molecule has 0 aromatic heterocycles. The Morgan fingerprint density at radius 3 is 2.22 bits per heavy atom. The molecular formula is C20H26N2O. The van der Waals surface area contributed by atoms with E-state index >= 15 is 0 Å². The molecule has 1 aliphatic rings. The summed E-state index contributed by atoms with van der Waals surface area (Å²) in [5.74, 6) is 0. The van der Waals surface area contributed by atoms with Crippen molar-refractivity contribution in [2.75, 3.05) is 44.2 Å². The Labute approximate surface area is 139 Å². The van der Waals surface area contributed by atoms with Gasteiger partial charge in [0, 0.05) is 44.0 Å². The quantitative estimate of drug-likeness (QED) is 0.830. The highest BCUT2D eigenvalue weighted by molar-refractivity contribution is 5.78. The molecule has 0 radical (unpaired) electrons. The normalized spacial score (nSPS) is 15.8. The highest BCUT2D eigenvalue weighted by Crippen LogP contribution is 2.31. The van der Waals surface area contributed by atoms with E-state index in [9.17, 15) is 0 Å².